The maximum Gasteiger partial charge on any atom is 0.135 e. The van der Waals surface area contributed by atoms with Gasteiger partial charge in [0.2, 0.25) is 0 Å². The van der Waals surface area contributed by atoms with E-state index in [1.54, 1.807) is 0 Å². The molecule has 0 unspecified atom stereocenters. The first-order valence-electron chi connectivity index (χ1n) is 6.03. The minimum absolute atomic E-state index is 0.870. The highest BCUT2D eigenvalue weighted by atomic mass is 15.2. The van der Waals surface area contributed by atoms with Gasteiger partial charge in [-0.25, -0.2) is 9.97 Å². The number of hydrogen-bond acceptors (Lipinski definition) is 4. The normalized spacial score (nSPS) is 15.8. The topological polar surface area (TPSA) is 41.1 Å². The SMILES string of the molecule is CNCCc1cnc(C)nc1N1CCCC1. The van der Waals surface area contributed by atoms with E-state index in [4.69, 9.17) is 0 Å². The van der Waals surface area contributed by atoms with Crippen molar-refractivity contribution in [3.05, 3.63) is 17.6 Å². The number of anilines is 1. The summed E-state index contributed by atoms with van der Waals surface area (Å²) < 4.78 is 0. The van der Waals surface area contributed by atoms with Gasteiger partial charge in [0.25, 0.3) is 0 Å². The van der Waals surface area contributed by atoms with Crippen LogP contribution in [0.3, 0.4) is 0 Å². The van der Waals surface area contributed by atoms with Gasteiger partial charge >= 0.3 is 0 Å². The molecule has 0 aliphatic carbocycles. The summed E-state index contributed by atoms with van der Waals surface area (Å²) in [7, 11) is 1.98. The summed E-state index contributed by atoms with van der Waals surface area (Å²) in [5.41, 5.74) is 1.27. The van der Waals surface area contributed by atoms with E-state index in [0.717, 1.165) is 37.7 Å². The van der Waals surface area contributed by atoms with Gasteiger partial charge in [-0.1, -0.05) is 0 Å². The Labute approximate surface area is 97.1 Å². The Morgan fingerprint density at radius 2 is 2.12 bits per heavy atom. The Morgan fingerprint density at radius 3 is 2.81 bits per heavy atom. The first kappa shape index (κ1) is 11.3. The molecule has 0 amide bonds. The average molecular weight is 220 g/mol. The standard InChI is InChI=1S/C12H20N4/c1-10-14-9-11(5-6-13-2)12(15-10)16-7-3-4-8-16/h9,13H,3-8H2,1-2H3. The van der Waals surface area contributed by atoms with Gasteiger partial charge in [0.05, 0.1) is 0 Å². The maximum atomic E-state index is 4.60. The molecule has 88 valence electrons. The van der Waals surface area contributed by atoms with E-state index in [2.05, 4.69) is 20.2 Å². The third-order valence-corrected chi connectivity index (χ3v) is 3.01. The van der Waals surface area contributed by atoms with Gasteiger partial charge in [0, 0.05) is 24.8 Å². The third-order valence-electron chi connectivity index (χ3n) is 3.01. The van der Waals surface area contributed by atoms with Crippen LogP contribution in [0.4, 0.5) is 5.82 Å². The molecule has 2 rings (SSSR count). The van der Waals surface area contributed by atoms with Crippen molar-refractivity contribution in [2.75, 3.05) is 31.6 Å². The Kier molecular flexibility index (Phi) is 3.72. The summed E-state index contributed by atoms with van der Waals surface area (Å²) in [6.07, 6.45) is 5.55. The van der Waals surface area contributed by atoms with Crippen molar-refractivity contribution in [1.29, 1.82) is 0 Å². The smallest absolute Gasteiger partial charge is 0.135 e. The predicted octanol–water partition coefficient (Wildman–Crippen LogP) is 1.15. The molecule has 0 atom stereocenters. The van der Waals surface area contributed by atoms with Crippen molar-refractivity contribution >= 4 is 5.82 Å². The summed E-state index contributed by atoms with van der Waals surface area (Å²) in [5, 5.41) is 3.17. The van der Waals surface area contributed by atoms with Crippen molar-refractivity contribution in [2.24, 2.45) is 0 Å². The lowest BCUT2D eigenvalue weighted by Gasteiger charge is -2.20. The molecule has 0 spiro atoms. The fourth-order valence-electron chi connectivity index (χ4n) is 2.12. The van der Waals surface area contributed by atoms with Crippen LogP contribution in [0, 0.1) is 6.92 Å². The van der Waals surface area contributed by atoms with Crippen molar-refractivity contribution < 1.29 is 0 Å². The molecule has 0 saturated carbocycles. The summed E-state index contributed by atoms with van der Waals surface area (Å²) in [4.78, 5) is 11.3. The second-order valence-electron chi connectivity index (χ2n) is 4.31. The van der Waals surface area contributed by atoms with Crippen LogP contribution in [0.1, 0.15) is 24.2 Å². The highest BCUT2D eigenvalue weighted by Gasteiger charge is 2.17. The zero-order valence-corrected chi connectivity index (χ0v) is 10.2. The first-order chi connectivity index (χ1) is 7.81. The molecular weight excluding hydrogens is 200 g/mol. The predicted molar refractivity (Wildman–Crippen MR) is 65.8 cm³/mol. The van der Waals surface area contributed by atoms with E-state index in [1.807, 2.05) is 20.2 Å². The first-order valence-corrected chi connectivity index (χ1v) is 6.03. The van der Waals surface area contributed by atoms with Crippen molar-refractivity contribution in [2.45, 2.75) is 26.2 Å². The minimum Gasteiger partial charge on any atom is -0.356 e. The molecule has 2 heterocycles. The van der Waals surface area contributed by atoms with Crippen LogP contribution >= 0.6 is 0 Å². The fraction of sp³-hybridized carbons (Fsp3) is 0.667. The molecule has 1 aromatic rings. The molecular formula is C12H20N4. The highest BCUT2D eigenvalue weighted by molar-refractivity contribution is 5.47. The van der Waals surface area contributed by atoms with Crippen LogP contribution in [-0.2, 0) is 6.42 Å². The molecule has 0 radical (unpaired) electrons. The van der Waals surface area contributed by atoms with Gasteiger partial charge in [-0.05, 0) is 39.8 Å². The fourth-order valence-corrected chi connectivity index (χ4v) is 2.12. The molecule has 0 bridgehead atoms. The number of aryl methyl sites for hydroxylation is 1. The summed E-state index contributed by atoms with van der Waals surface area (Å²) >= 11 is 0. The Bertz CT molecular complexity index is 345. The minimum atomic E-state index is 0.870. The van der Waals surface area contributed by atoms with Crippen LogP contribution in [0.5, 0.6) is 0 Å². The summed E-state index contributed by atoms with van der Waals surface area (Å²) in [6.45, 7) is 5.22. The monoisotopic (exact) mass is 220 g/mol. The Hall–Kier alpha value is -1.16. The van der Waals surface area contributed by atoms with Crippen molar-refractivity contribution in [1.82, 2.24) is 15.3 Å². The molecule has 0 aromatic carbocycles. The van der Waals surface area contributed by atoms with Crippen molar-refractivity contribution in [3.63, 3.8) is 0 Å². The molecule has 1 aliphatic heterocycles. The zero-order chi connectivity index (χ0) is 11.4. The lowest BCUT2D eigenvalue weighted by Crippen LogP contribution is -2.22. The number of likely N-dealkylation sites (N-methyl/N-ethyl adjacent to an activating group) is 1. The largest absolute Gasteiger partial charge is 0.356 e. The molecule has 16 heavy (non-hydrogen) atoms. The van der Waals surface area contributed by atoms with Gasteiger partial charge in [-0.2, -0.15) is 0 Å². The number of nitrogens with zero attached hydrogens (tertiary/aromatic N) is 3. The molecule has 1 fully saturated rings. The van der Waals surface area contributed by atoms with Gasteiger partial charge in [-0.3, -0.25) is 0 Å². The van der Waals surface area contributed by atoms with Gasteiger partial charge in [-0.15, -0.1) is 0 Å². The quantitative estimate of drug-likeness (QED) is 0.826. The van der Waals surface area contributed by atoms with Crippen molar-refractivity contribution in [3.8, 4) is 0 Å². The van der Waals surface area contributed by atoms with Crippen LogP contribution in [0.25, 0.3) is 0 Å². The van der Waals surface area contributed by atoms with E-state index >= 15 is 0 Å². The van der Waals surface area contributed by atoms with Crippen LogP contribution in [-0.4, -0.2) is 36.6 Å². The second kappa shape index (κ2) is 5.25. The molecule has 1 N–H and O–H groups in total. The average Bonchev–Trinajstić information content (AvgIpc) is 2.80. The molecule has 1 aromatic heterocycles. The zero-order valence-electron chi connectivity index (χ0n) is 10.2. The summed E-state index contributed by atoms with van der Waals surface area (Å²) in [5.74, 6) is 2.02. The maximum absolute atomic E-state index is 4.60. The number of hydrogen-bond donors (Lipinski definition) is 1. The van der Waals surface area contributed by atoms with E-state index in [9.17, 15) is 0 Å². The molecule has 4 nitrogen and oxygen atoms in total. The van der Waals surface area contributed by atoms with Crippen LogP contribution in [0.2, 0.25) is 0 Å². The Morgan fingerprint density at radius 1 is 1.38 bits per heavy atom. The number of nitrogens with one attached hydrogen (secondary N) is 1. The van der Waals surface area contributed by atoms with E-state index in [0.29, 0.717) is 0 Å². The van der Waals surface area contributed by atoms with Gasteiger partial charge < -0.3 is 10.2 Å². The Balaban J connectivity index is 2.21. The third kappa shape index (κ3) is 2.50. The number of rotatable bonds is 4. The number of aromatic nitrogens is 2. The second-order valence-corrected chi connectivity index (χ2v) is 4.31. The molecule has 4 heteroatoms. The lowest BCUT2D eigenvalue weighted by molar-refractivity contribution is 0.775. The lowest BCUT2D eigenvalue weighted by atomic mass is 10.2. The summed E-state index contributed by atoms with van der Waals surface area (Å²) in [6, 6.07) is 0. The van der Waals surface area contributed by atoms with Gasteiger partial charge in [0.15, 0.2) is 0 Å². The van der Waals surface area contributed by atoms with Gasteiger partial charge in [0.1, 0.15) is 11.6 Å². The molecule has 1 saturated heterocycles. The highest BCUT2D eigenvalue weighted by Crippen LogP contribution is 2.22. The molecule has 1 aliphatic rings. The van der Waals surface area contributed by atoms with E-state index in [1.165, 1.54) is 18.4 Å². The van der Waals surface area contributed by atoms with Crippen LogP contribution < -0.4 is 10.2 Å². The van der Waals surface area contributed by atoms with E-state index in [-0.39, 0.29) is 0 Å². The van der Waals surface area contributed by atoms with E-state index < -0.39 is 0 Å². The van der Waals surface area contributed by atoms with Crippen LogP contribution in [0.15, 0.2) is 6.20 Å².